The minimum Gasteiger partial charge on any atom is -0.451 e. The third-order valence-electron chi connectivity index (χ3n) is 5.44. The van der Waals surface area contributed by atoms with Crippen LogP contribution in [0.1, 0.15) is 21.8 Å². The number of carbonyl (C=O) groups is 1. The molecule has 0 aliphatic carbocycles. The van der Waals surface area contributed by atoms with Gasteiger partial charge in [0.2, 0.25) is 0 Å². The lowest BCUT2D eigenvalue weighted by Gasteiger charge is -2.21. The molecule has 156 valence electrons. The van der Waals surface area contributed by atoms with Crippen molar-refractivity contribution in [3.63, 3.8) is 0 Å². The van der Waals surface area contributed by atoms with Gasteiger partial charge in [-0.2, -0.15) is 0 Å². The molecule has 0 fully saturated rings. The van der Waals surface area contributed by atoms with Crippen molar-refractivity contribution in [1.29, 1.82) is 0 Å². The molecule has 0 spiro atoms. The number of aromatic nitrogens is 1. The van der Waals surface area contributed by atoms with Crippen LogP contribution < -0.4 is 0 Å². The molecule has 5 aromatic rings. The zero-order chi connectivity index (χ0) is 21.8. The summed E-state index contributed by atoms with van der Waals surface area (Å²) >= 11 is 0. The molecule has 0 unspecified atom stereocenters. The fourth-order valence-corrected chi connectivity index (χ4v) is 3.78. The van der Waals surface area contributed by atoms with Gasteiger partial charge in [0.15, 0.2) is 5.76 Å². The smallest absolute Gasteiger partial charge is 0.290 e. The highest BCUT2D eigenvalue weighted by atomic mass is 16.3. The average Bonchev–Trinajstić information content (AvgIpc) is 3.29. The minimum atomic E-state index is -0.154. The van der Waals surface area contributed by atoms with Gasteiger partial charge < -0.3 is 9.32 Å². The molecular weight excluding hydrogens is 396 g/mol. The number of para-hydroxylation sites is 1. The Balaban J connectivity index is 1.42. The molecule has 0 saturated carbocycles. The zero-order valence-corrected chi connectivity index (χ0v) is 17.5. The Labute approximate surface area is 186 Å². The van der Waals surface area contributed by atoms with Crippen molar-refractivity contribution in [3.05, 3.63) is 126 Å². The molecule has 5 rings (SSSR count). The molecule has 2 heterocycles. The zero-order valence-electron chi connectivity index (χ0n) is 17.5. The van der Waals surface area contributed by atoms with E-state index in [0.717, 1.165) is 22.2 Å². The number of amides is 1. The number of carbonyl (C=O) groups excluding carboxylic acids is 1. The van der Waals surface area contributed by atoms with E-state index in [4.69, 9.17) is 4.42 Å². The first-order chi connectivity index (χ1) is 15.8. The third-order valence-corrected chi connectivity index (χ3v) is 5.44. The van der Waals surface area contributed by atoms with Crippen LogP contribution in [0, 0.1) is 0 Å². The molecule has 0 aliphatic rings. The van der Waals surface area contributed by atoms with Gasteiger partial charge in [0, 0.05) is 18.1 Å². The fourth-order valence-electron chi connectivity index (χ4n) is 3.78. The van der Waals surface area contributed by atoms with Crippen LogP contribution in [0.2, 0.25) is 0 Å². The monoisotopic (exact) mass is 418 g/mol. The number of benzene rings is 3. The molecule has 32 heavy (non-hydrogen) atoms. The second-order valence-electron chi connectivity index (χ2n) is 7.69. The molecule has 4 nitrogen and oxygen atoms in total. The quantitative estimate of drug-likeness (QED) is 0.323. The lowest BCUT2D eigenvalue weighted by molar-refractivity contribution is 0.0698. The molecule has 1 amide bonds. The van der Waals surface area contributed by atoms with Crippen LogP contribution in [0.15, 0.2) is 114 Å². The van der Waals surface area contributed by atoms with Crippen LogP contribution in [0.3, 0.4) is 0 Å². The summed E-state index contributed by atoms with van der Waals surface area (Å²) in [5, 5.41) is 0.917. The first kappa shape index (κ1) is 19.8. The lowest BCUT2D eigenvalue weighted by atomic mass is 10.0. The van der Waals surface area contributed by atoms with Crippen molar-refractivity contribution in [2.24, 2.45) is 0 Å². The van der Waals surface area contributed by atoms with Crippen LogP contribution in [0.4, 0.5) is 0 Å². The Morgan fingerprint density at radius 2 is 1.47 bits per heavy atom. The van der Waals surface area contributed by atoms with Crippen LogP contribution in [0.25, 0.3) is 22.1 Å². The van der Waals surface area contributed by atoms with E-state index in [9.17, 15) is 4.79 Å². The van der Waals surface area contributed by atoms with E-state index >= 15 is 0 Å². The van der Waals surface area contributed by atoms with Gasteiger partial charge in [0.05, 0.1) is 12.2 Å². The van der Waals surface area contributed by atoms with E-state index in [1.807, 2.05) is 66.7 Å². The molecule has 0 N–H and O–H groups in total. The Bertz CT molecular complexity index is 1290. The molecule has 2 aromatic heterocycles. The van der Waals surface area contributed by atoms with Gasteiger partial charge >= 0.3 is 0 Å². The fraction of sp³-hybridized carbons (Fsp3) is 0.0714. The van der Waals surface area contributed by atoms with Gasteiger partial charge in [0.1, 0.15) is 5.58 Å². The van der Waals surface area contributed by atoms with Crippen LogP contribution in [-0.4, -0.2) is 15.8 Å². The summed E-state index contributed by atoms with van der Waals surface area (Å²) in [4.78, 5) is 19.6. The number of furan rings is 1. The first-order valence-corrected chi connectivity index (χ1v) is 10.6. The summed E-state index contributed by atoms with van der Waals surface area (Å²) in [6.45, 7) is 0.860. The second-order valence-corrected chi connectivity index (χ2v) is 7.69. The highest BCUT2D eigenvalue weighted by molar-refractivity contribution is 5.96. The summed E-state index contributed by atoms with van der Waals surface area (Å²) in [6.07, 6.45) is 1.74. The average molecular weight is 418 g/mol. The standard InChI is InChI=1S/C28H22N2O2/c31-28(27-18-24-10-4-5-12-26(24)32-27)30(20-25-11-6-7-17-29-25)19-21-13-15-23(16-14-21)22-8-2-1-3-9-22/h1-18H,19-20H2. The van der Waals surface area contributed by atoms with Gasteiger partial charge in [-0.25, -0.2) is 0 Å². The highest BCUT2D eigenvalue weighted by Gasteiger charge is 2.21. The van der Waals surface area contributed by atoms with E-state index in [1.165, 1.54) is 5.56 Å². The van der Waals surface area contributed by atoms with Crippen molar-refractivity contribution in [1.82, 2.24) is 9.88 Å². The summed E-state index contributed by atoms with van der Waals surface area (Å²) < 4.78 is 5.85. The Hall–Kier alpha value is -4.18. The third kappa shape index (κ3) is 4.30. The van der Waals surface area contributed by atoms with Gasteiger partial charge in [-0.05, 0) is 41.0 Å². The number of nitrogens with zero attached hydrogens (tertiary/aromatic N) is 2. The number of pyridine rings is 1. The number of fused-ring (bicyclic) bond motifs is 1. The maximum Gasteiger partial charge on any atom is 0.290 e. The van der Waals surface area contributed by atoms with Crippen LogP contribution in [-0.2, 0) is 13.1 Å². The highest BCUT2D eigenvalue weighted by Crippen LogP contribution is 2.23. The van der Waals surface area contributed by atoms with Gasteiger partial charge in [0.25, 0.3) is 5.91 Å². The van der Waals surface area contributed by atoms with Crippen molar-refractivity contribution in [2.75, 3.05) is 0 Å². The molecule has 0 bridgehead atoms. The predicted molar refractivity (Wildman–Crippen MR) is 126 cm³/mol. The summed E-state index contributed by atoms with van der Waals surface area (Å²) in [6, 6.07) is 33.8. The predicted octanol–water partition coefficient (Wildman–Crippen LogP) is 6.34. The van der Waals surface area contributed by atoms with Gasteiger partial charge in [-0.15, -0.1) is 0 Å². The summed E-state index contributed by atoms with van der Waals surface area (Å²) in [7, 11) is 0. The number of hydrogen-bond acceptors (Lipinski definition) is 3. The molecule has 0 aliphatic heterocycles. The Morgan fingerprint density at radius 1 is 0.750 bits per heavy atom. The van der Waals surface area contributed by atoms with Crippen molar-refractivity contribution in [3.8, 4) is 11.1 Å². The molecular formula is C28H22N2O2. The summed E-state index contributed by atoms with van der Waals surface area (Å²) in [5.74, 6) is 0.182. The summed E-state index contributed by atoms with van der Waals surface area (Å²) in [5.41, 5.74) is 4.90. The first-order valence-electron chi connectivity index (χ1n) is 10.6. The normalized spacial score (nSPS) is 10.9. The largest absolute Gasteiger partial charge is 0.451 e. The van der Waals surface area contributed by atoms with E-state index in [-0.39, 0.29) is 5.91 Å². The van der Waals surface area contributed by atoms with E-state index in [2.05, 4.69) is 41.4 Å². The SMILES string of the molecule is O=C(c1cc2ccccc2o1)N(Cc1ccc(-c2ccccc2)cc1)Cc1ccccn1. The van der Waals surface area contributed by atoms with E-state index < -0.39 is 0 Å². The van der Waals surface area contributed by atoms with Gasteiger partial charge in [-0.1, -0.05) is 78.9 Å². The van der Waals surface area contributed by atoms with Crippen LogP contribution >= 0.6 is 0 Å². The van der Waals surface area contributed by atoms with Crippen molar-refractivity contribution in [2.45, 2.75) is 13.1 Å². The molecule has 0 radical (unpaired) electrons. The van der Waals surface area contributed by atoms with Crippen molar-refractivity contribution < 1.29 is 9.21 Å². The maximum absolute atomic E-state index is 13.4. The molecule has 4 heteroatoms. The number of rotatable bonds is 6. The Morgan fingerprint density at radius 3 is 2.22 bits per heavy atom. The number of hydrogen-bond donors (Lipinski definition) is 0. The van der Waals surface area contributed by atoms with E-state index in [0.29, 0.717) is 24.4 Å². The van der Waals surface area contributed by atoms with E-state index in [1.54, 1.807) is 11.1 Å². The molecule has 3 aromatic carbocycles. The second kappa shape index (κ2) is 8.90. The Kier molecular flexibility index (Phi) is 5.50. The topological polar surface area (TPSA) is 46.3 Å². The van der Waals surface area contributed by atoms with Gasteiger partial charge in [-0.3, -0.25) is 9.78 Å². The lowest BCUT2D eigenvalue weighted by Crippen LogP contribution is -2.30. The molecule has 0 saturated heterocycles. The minimum absolute atomic E-state index is 0.154. The molecule has 0 atom stereocenters. The van der Waals surface area contributed by atoms with Crippen molar-refractivity contribution >= 4 is 16.9 Å². The maximum atomic E-state index is 13.4. The van der Waals surface area contributed by atoms with Crippen LogP contribution in [0.5, 0.6) is 0 Å².